The molecule has 1 heterocycles. The molecule has 1 aromatic heterocycles. The number of halogens is 1. The zero-order valence-electron chi connectivity index (χ0n) is 5.74. The van der Waals surface area contributed by atoms with Gasteiger partial charge in [0.2, 0.25) is 0 Å². The molecule has 4 heteroatoms. The number of nitriles is 1. The molecule has 0 bridgehead atoms. The summed E-state index contributed by atoms with van der Waals surface area (Å²) in [5.41, 5.74) is 0.630. The molecule has 0 saturated carbocycles. The Morgan fingerprint density at radius 1 is 1.64 bits per heavy atom. The van der Waals surface area contributed by atoms with Gasteiger partial charge in [0.25, 0.3) is 0 Å². The van der Waals surface area contributed by atoms with Gasteiger partial charge in [-0.2, -0.15) is 5.26 Å². The Hall–Kier alpha value is -1.14. The van der Waals surface area contributed by atoms with Gasteiger partial charge < -0.3 is 0 Å². The first-order chi connectivity index (χ1) is 5.38. The van der Waals surface area contributed by atoms with Crippen molar-refractivity contribution in [3.63, 3.8) is 0 Å². The summed E-state index contributed by atoms with van der Waals surface area (Å²) in [5, 5.41) is 8.58. The van der Waals surface area contributed by atoms with Crippen LogP contribution in [0.1, 0.15) is 11.6 Å². The number of nitrogens with zero attached hydrogens (tertiary/aromatic N) is 3. The van der Waals surface area contributed by atoms with Crippen molar-refractivity contribution in [2.45, 2.75) is 5.92 Å². The van der Waals surface area contributed by atoms with E-state index < -0.39 is 0 Å². The summed E-state index contributed by atoms with van der Waals surface area (Å²) in [6, 6.07) is 2.03. The van der Waals surface area contributed by atoms with Gasteiger partial charge in [-0.15, -0.1) is 11.6 Å². The van der Waals surface area contributed by atoms with Gasteiger partial charge in [-0.05, 0) is 0 Å². The summed E-state index contributed by atoms with van der Waals surface area (Å²) >= 11 is 5.51. The van der Waals surface area contributed by atoms with Crippen molar-refractivity contribution in [2.75, 3.05) is 5.88 Å². The van der Waals surface area contributed by atoms with E-state index in [1.807, 2.05) is 6.07 Å². The minimum atomic E-state index is -0.342. The Bertz CT molecular complexity index is 254. The van der Waals surface area contributed by atoms with Crippen molar-refractivity contribution < 1.29 is 0 Å². The highest BCUT2D eigenvalue weighted by molar-refractivity contribution is 6.18. The number of hydrogen-bond acceptors (Lipinski definition) is 3. The molecule has 0 aliphatic heterocycles. The molecule has 1 aromatic rings. The van der Waals surface area contributed by atoms with Crippen LogP contribution in [0.15, 0.2) is 18.6 Å². The van der Waals surface area contributed by atoms with Gasteiger partial charge in [0, 0.05) is 24.5 Å². The van der Waals surface area contributed by atoms with Crippen molar-refractivity contribution in [3.8, 4) is 6.07 Å². The van der Waals surface area contributed by atoms with Crippen LogP contribution >= 0.6 is 11.6 Å². The van der Waals surface area contributed by atoms with Crippen molar-refractivity contribution in [2.24, 2.45) is 0 Å². The lowest BCUT2D eigenvalue weighted by molar-refractivity contribution is 0.908. The van der Waals surface area contributed by atoms with Crippen LogP contribution in [0.5, 0.6) is 0 Å². The highest BCUT2D eigenvalue weighted by Crippen LogP contribution is 2.11. The average molecular weight is 168 g/mol. The summed E-state index contributed by atoms with van der Waals surface area (Å²) in [6.45, 7) is 0. The maximum Gasteiger partial charge on any atom is 0.103 e. The van der Waals surface area contributed by atoms with Crippen LogP contribution in [0.3, 0.4) is 0 Å². The molecular formula is C7H6ClN3. The third kappa shape index (κ3) is 1.89. The minimum Gasteiger partial charge on any atom is -0.261 e. The zero-order valence-corrected chi connectivity index (χ0v) is 6.49. The standard InChI is InChI=1S/C7H6ClN3/c8-3-6(4-9)7-5-10-1-2-11-7/h1-2,5-6H,3H2. The number of alkyl halides is 1. The molecule has 0 amide bonds. The molecule has 0 aliphatic carbocycles. The normalized spacial score (nSPS) is 12.0. The quantitative estimate of drug-likeness (QED) is 0.625. The van der Waals surface area contributed by atoms with Crippen LogP contribution < -0.4 is 0 Å². The topological polar surface area (TPSA) is 49.6 Å². The van der Waals surface area contributed by atoms with E-state index in [2.05, 4.69) is 9.97 Å². The van der Waals surface area contributed by atoms with E-state index >= 15 is 0 Å². The molecule has 0 fully saturated rings. The van der Waals surface area contributed by atoms with Crippen molar-refractivity contribution in [1.29, 1.82) is 5.26 Å². The first-order valence-electron chi connectivity index (χ1n) is 3.10. The van der Waals surface area contributed by atoms with E-state index in [4.69, 9.17) is 16.9 Å². The van der Waals surface area contributed by atoms with E-state index in [1.165, 1.54) is 0 Å². The first kappa shape index (κ1) is 7.96. The van der Waals surface area contributed by atoms with Gasteiger partial charge >= 0.3 is 0 Å². The molecule has 0 spiro atoms. The van der Waals surface area contributed by atoms with E-state index in [1.54, 1.807) is 18.6 Å². The Labute approximate surface area is 69.7 Å². The zero-order chi connectivity index (χ0) is 8.10. The van der Waals surface area contributed by atoms with Crippen LogP contribution in [-0.4, -0.2) is 15.8 Å². The van der Waals surface area contributed by atoms with Crippen LogP contribution in [-0.2, 0) is 0 Å². The molecule has 0 saturated heterocycles. The molecule has 0 radical (unpaired) electrons. The minimum absolute atomic E-state index is 0.259. The summed E-state index contributed by atoms with van der Waals surface area (Å²) < 4.78 is 0. The largest absolute Gasteiger partial charge is 0.261 e. The highest BCUT2D eigenvalue weighted by Gasteiger charge is 2.09. The van der Waals surface area contributed by atoms with Gasteiger partial charge in [-0.25, -0.2) is 0 Å². The average Bonchev–Trinajstić information content (AvgIpc) is 2.09. The number of hydrogen-bond donors (Lipinski definition) is 0. The first-order valence-corrected chi connectivity index (χ1v) is 3.63. The van der Waals surface area contributed by atoms with Crippen LogP contribution in [0.4, 0.5) is 0 Å². The van der Waals surface area contributed by atoms with Gasteiger partial charge in [-0.1, -0.05) is 0 Å². The summed E-state index contributed by atoms with van der Waals surface area (Å²) in [7, 11) is 0. The van der Waals surface area contributed by atoms with E-state index in [-0.39, 0.29) is 11.8 Å². The van der Waals surface area contributed by atoms with Gasteiger partial charge in [0.15, 0.2) is 0 Å². The molecule has 11 heavy (non-hydrogen) atoms. The fourth-order valence-electron chi connectivity index (χ4n) is 0.670. The molecule has 1 rings (SSSR count). The third-order valence-corrected chi connectivity index (χ3v) is 1.56. The predicted molar refractivity (Wildman–Crippen MR) is 41.1 cm³/mol. The van der Waals surface area contributed by atoms with Crippen molar-refractivity contribution in [3.05, 3.63) is 24.3 Å². The lowest BCUT2D eigenvalue weighted by Crippen LogP contribution is -1.99. The molecule has 1 atom stereocenters. The Morgan fingerprint density at radius 2 is 2.45 bits per heavy atom. The second-order valence-corrected chi connectivity index (χ2v) is 2.27. The maximum atomic E-state index is 8.58. The molecule has 0 aliphatic rings. The summed E-state index contributed by atoms with van der Waals surface area (Å²) in [6.07, 6.45) is 4.66. The lowest BCUT2D eigenvalue weighted by atomic mass is 10.1. The van der Waals surface area contributed by atoms with Crippen LogP contribution in [0.2, 0.25) is 0 Å². The monoisotopic (exact) mass is 167 g/mol. The Kier molecular flexibility index (Phi) is 2.82. The second-order valence-electron chi connectivity index (χ2n) is 1.97. The summed E-state index contributed by atoms with van der Waals surface area (Å²) in [5.74, 6) is -0.0831. The molecular weight excluding hydrogens is 162 g/mol. The predicted octanol–water partition coefficient (Wildman–Crippen LogP) is 1.32. The van der Waals surface area contributed by atoms with Gasteiger partial charge in [0.1, 0.15) is 5.92 Å². The van der Waals surface area contributed by atoms with Crippen LogP contribution in [0, 0.1) is 11.3 Å². The highest BCUT2D eigenvalue weighted by atomic mass is 35.5. The fourth-order valence-corrected chi connectivity index (χ4v) is 0.897. The van der Waals surface area contributed by atoms with E-state index in [0.717, 1.165) is 0 Å². The summed E-state index contributed by atoms with van der Waals surface area (Å²) in [4.78, 5) is 7.78. The molecule has 0 aromatic carbocycles. The number of aromatic nitrogens is 2. The molecule has 3 nitrogen and oxygen atoms in total. The van der Waals surface area contributed by atoms with Crippen LogP contribution in [0.25, 0.3) is 0 Å². The number of rotatable bonds is 2. The van der Waals surface area contributed by atoms with Gasteiger partial charge in [0.05, 0.1) is 11.8 Å². The Balaban J connectivity index is 2.85. The lowest BCUT2D eigenvalue weighted by Gasteiger charge is -2.00. The molecule has 56 valence electrons. The Morgan fingerprint density at radius 3 is 2.91 bits per heavy atom. The fraction of sp³-hybridized carbons (Fsp3) is 0.286. The SMILES string of the molecule is N#CC(CCl)c1cnccn1. The van der Waals surface area contributed by atoms with Crippen molar-refractivity contribution in [1.82, 2.24) is 9.97 Å². The van der Waals surface area contributed by atoms with E-state index in [0.29, 0.717) is 5.69 Å². The van der Waals surface area contributed by atoms with Crippen molar-refractivity contribution >= 4 is 11.6 Å². The molecule has 1 unspecified atom stereocenters. The smallest absolute Gasteiger partial charge is 0.103 e. The molecule has 0 N–H and O–H groups in total. The maximum absolute atomic E-state index is 8.58. The third-order valence-electron chi connectivity index (χ3n) is 1.25. The van der Waals surface area contributed by atoms with E-state index in [9.17, 15) is 0 Å². The van der Waals surface area contributed by atoms with Gasteiger partial charge in [-0.3, -0.25) is 9.97 Å². The second kappa shape index (κ2) is 3.89.